The minimum Gasteiger partial charge on any atom is -0.508 e. The van der Waals surface area contributed by atoms with Gasteiger partial charge in [0.25, 0.3) is 0 Å². The zero-order chi connectivity index (χ0) is 20.5. The van der Waals surface area contributed by atoms with E-state index in [1.807, 2.05) is 26.0 Å². The first-order valence-corrected chi connectivity index (χ1v) is 10.1. The summed E-state index contributed by atoms with van der Waals surface area (Å²) in [6.07, 6.45) is 4.49. The average molecular weight is 391 g/mol. The molecule has 1 aromatic carbocycles. The van der Waals surface area contributed by atoms with Gasteiger partial charge in [-0.25, -0.2) is 0 Å². The average Bonchev–Trinajstić information content (AvgIpc) is 2.68. The van der Waals surface area contributed by atoms with Crippen molar-refractivity contribution in [2.45, 2.75) is 58.0 Å². The zero-order valence-corrected chi connectivity index (χ0v) is 17.4. The Morgan fingerprint density at radius 3 is 2.79 bits per heavy atom. The van der Waals surface area contributed by atoms with Gasteiger partial charge in [0.1, 0.15) is 11.5 Å². The third-order valence-corrected chi connectivity index (χ3v) is 5.02. The van der Waals surface area contributed by atoms with Gasteiger partial charge in [-0.1, -0.05) is 12.5 Å². The first kappa shape index (κ1) is 21.9. The molecule has 1 amide bonds. The van der Waals surface area contributed by atoms with Gasteiger partial charge in [0.15, 0.2) is 5.96 Å². The molecule has 4 N–H and O–H groups in total. The van der Waals surface area contributed by atoms with Gasteiger partial charge in [0.2, 0.25) is 5.91 Å². The Balaban J connectivity index is 1.81. The van der Waals surface area contributed by atoms with Gasteiger partial charge in [0.05, 0.1) is 7.11 Å². The first-order chi connectivity index (χ1) is 13.4. The molecule has 0 saturated heterocycles. The van der Waals surface area contributed by atoms with Gasteiger partial charge in [-0.3, -0.25) is 9.79 Å². The molecular weight excluding hydrogens is 356 g/mol. The van der Waals surface area contributed by atoms with E-state index in [0.29, 0.717) is 18.7 Å². The fourth-order valence-corrected chi connectivity index (χ4v) is 3.55. The van der Waals surface area contributed by atoms with Crippen LogP contribution in [0.4, 0.5) is 0 Å². The van der Waals surface area contributed by atoms with Crippen LogP contribution < -0.4 is 20.7 Å². The van der Waals surface area contributed by atoms with Crippen molar-refractivity contribution in [2.24, 2.45) is 10.9 Å². The maximum absolute atomic E-state index is 12.3. The number of amides is 1. The molecule has 7 nitrogen and oxygen atoms in total. The third kappa shape index (κ3) is 6.62. The molecule has 0 spiro atoms. The topological polar surface area (TPSA) is 95.0 Å². The van der Waals surface area contributed by atoms with Crippen molar-refractivity contribution in [3.63, 3.8) is 0 Å². The number of aromatic hydroxyl groups is 1. The summed E-state index contributed by atoms with van der Waals surface area (Å²) in [7, 11) is 3.32. The maximum atomic E-state index is 12.3. The summed E-state index contributed by atoms with van der Waals surface area (Å²) >= 11 is 0. The summed E-state index contributed by atoms with van der Waals surface area (Å²) in [4.78, 5) is 16.6. The molecule has 0 aliphatic heterocycles. The van der Waals surface area contributed by atoms with Crippen molar-refractivity contribution in [3.8, 4) is 11.5 Å². The smallest absolute Gasteiger partial charge is 0.223 e. The summed E-state index contributed by atoms with van der Waals surface area (Å²) in [5.41, 5.74) is 0.854. The SMILES string of the molecule is CN=C(NCCc1ccc(OC)cc1O)NC1CCCC(C(=O)NC(C)C)C1. The molecule has 2 rings (SSSR count). The van der Waals surface area contributed by atoms with Crippen molar-refractivity contribution in [3.05, 3.63) is 23.8 Å². The lowest BCUT2D eigenvalue weighted by Gasteiger charge is -2.30. The lowest BCUT2D eigenvalue weighted by atomic mass is 9.85. The molecule has 1 aliphatic carbocycles. The van der Waals surface area contributed by atoms with Crippen LogP contribution in [0.25, 0.3) is 0 Å². The van der Waals surface area contributed by atoms with Crippen LogP contribution in [0, 0.1) is 5.92 Å². The maximum Gasteiger partial charge on any atom is 0.223 e. The fraction of sp³-hybridized carbons (Fsp3) is 0.619. The van der Waals surface area contributed by atoms with Gasteiger partial charge < -0.3 is 25.8 Å². The highest BCUT2D eigenvalue weighted by atomic mass is 16.5. The number of carbonyl (C=O) groups excluding carboxylic acids is 1. The molecule has 1 fully saturated rings. The summed E-state index contributed by atoms with van der Waals surface area (Å²) in [5.74, 6) is 1.81. The van der Waals surface area contributed by atoms with Crippen LogP contribution >= 0.6 is 0 Å². The normalized spacial score (nSPS) is 20.0. The van der Waals surface area contributed by atoms with E-state index in [2.05, 4.69) is 20.9 Å². The molecule has 0 aromatic heterocycles. The highest BCUT2D eigenvalue weighted by Crippen LogP contribution is 2.25. The van der Waals surface area contributed by atoms with Crippen LogP contribution in [0.1, 0.15) is 45.1 Å². The molecule has 0 heterocycles. The number of aliphatic imine (C=N–C) groups is 1. The highest BCUT2D eigenvalue weighted by Gasteiger charge is 2.27. The van der Waals surface area contributed by atoms with E-state index in [4.69, 9.17) is 4.74 Å². The number of guanidine groups is 1. The molecule has 2 unspecified atom stereocenters. The van der Waals surface area contributed by atoms with Gasteiger partial charge in [-0.05, 0) is 51.2 Å². The summed E-state index contributed by atoms with van der Waals surface area (Å²) in [6, 6.07) is 5.73. The number of carbonyl (C=O) groups is 1. The van der Waals surface area contributed by atoms with E-state index in [-0.39, 0.29) is 29.7 Å². The summed E-state index contributed by atoms with van der Waals surface area (Å²) < 4.78 is 5.11. The number of nitrogens with one attached hydrogen (secondary N) is 3. The lowest BCUT2D eigenvalue weighted by molar-refractivity contribution is -0.126. The van der Waals surface area contributed by atoms with Gasteiger partial charge in [0, 0.05) is 37.7 Å². The highest BCUT2D eigenvalue weighted by molar-refractivity contribution is 5.81. The lowest BCUT2D eigenvalue weighted by Crippen LogP contribution is -2.47. The second kappa shape index (κ2) is 10.8. The fourth-order valence-electron chi connectivity index (χ4n) is 3.55. The van der Waals surface area contributed by atoms with Crippen molar-refractivity contribution in [2.75, 3.05) is 20.7 Å². The molecule has 7 heteroatoms. The quantitative estimate of drug-likeness (QED) is 0.423. The van der Waals surface area contributed by atoms with E-state index in [1.54, 1.807) is 20.2 Å². The molecular formula is C21H34N4O3. The van der Waals surface area contributed by atoms with Crippen LogP contribution in [0.5, 0.6) is 11.5 Å². The van der Waals surface area contributed by atoms with Crippen LogP contribution in [0.15, 0.2) is 23.2 Å². The number of phenols is 1. The molecule has 156 valence electrons. The van der Waals surface area contributed by atoms with Crippen molar-refractivity contribution in [1.82, 2.24) is 16.0 Å². The largest absolute Gasteiger partial charge is 0.508 e. The molecule has 2 atom stereocenters. The second-order valence-electron chi connectivity index (χ2n) is 7.61. The number of methoxy groups -OCH3 is 1. The minimum absolute atomic E-state index is 0.0583. The molecule has 1 saturated carbocycles. The number of hydrogen-bond donors (Lipinski definition) is 4. The predicted molar refractivity (Wildman–Crippen MR) is 112 cm³/mol. The second-order valence-corrected chi connectivity index (χ2v) is 7.61. The Bertz CT molecular complexity index is 676. The summed E-state index contributed by atoms with van der Waals surface area (Å²) in [6.45, 7) is 4.62. The van der Waals surface area contributed by atoms with Gasteiger partial charge >= 0.3 is 0 Å². The zero-order valence-electron chi connectivity index (χ0n) is 17.4. The van der Waals surface area contributed by atoms with Crippen LogP contribution in [-0.2, 0) is 11.2 Å². The van der Waals surface area contributed by atoms with Gasteiger partial charge in [-0.15, -0.1) is 0 Å². The van der Waals surface area contributed by atoms with Crippen molar-refractivity contribution >= 4 is 11.9 Å². The number of nitrogens with zero attached hydrogens (tertiary/aromatic N) is 1. The number of phenolic OH excluding ortho intramolecular Hbond substituents is 1. The van der Waals surface area contributed by atoms with Crippen LogP contribution in [0.3, 0.4) is 0 Å². The van der Waals surface area contributed by atoms with E-state index in [9.17, 15) is 9.90 Å². The number of hydrogen-bond acceptors (Lipinski definition) is 4. The van der Waals surface area contributed by atoms with Crippen molar-refractivity contribution in [1.29, 1.82) is 0 Å². The van der Waals surface area contributed by atoms with E-state index in [1.165, 1.54) is 0 Å². The molecule has 28 heavy (non-hydrogen) atoms. The number of rotatable bonds is 7. The summed E-state index contributed by atoms with van der Waals surface area (Å²) in [5, 5.41) is 19.8. The Kier molecular flexibility index (Phi) is 8.42. The Morgan fingerprint density at radius 1 is 1.36 bits per heavy atom. The Morgan fingerprint density at radius 2 is 2.14 bits per heavy atom. The Hall–Kier alpha value is -2.44. The van der Waals surface area contributed by atoms with Crippen LogP contribution in [-0.4, -0.2) is 49.8 Å². The number of ether oxygens (including phenoxy) is 1. The third-order valence-electron chi connectivity index (χ3n) is 5.02. The van der Waals surface area contributed by atoms with Crippen LogP contribution in [0.2, 0.25) is 0 Å². The predicted octanol–water partition coefficient (Wildman–Crippen LogP) is 2.19. The molecule has 0 bridgehead atoms. The molecule has 1 aliphatic rings. The Labute approximate surface area is 168 Å². The monoisotopic (exact) mass is 390 g/mol. The van der Waals surface area contributed by atoms with E-state index in [0.717, 1.165) is 37.2 Å². The standard InChI is InChI=1S/C21H34N4O3/c1-14(2)24-20(27)16-6-5-7-17(12-16)25-21(22-3)23-11-10-15-8-9-18(28-4)13-19(15)26/h8-9,13-14,16-17,26H,5-7,10-12H2,1-4H3,(H,24,27)(H2,22,23,25). The molecule has 1 aromatic rings. The van der Waals surface area contributed by atoms with E-state index < -0.39 is 0 Å². The molecule has 0 radical (unpaired) electrons. The minimum atomic E-state index is 0.0583. The van der Waals surface area contributed by atoms with Gasteiger partial charge in [-0.2, -0.15) is 0 Å². The van der Waals surface area contributed by atoms with E-state index >= 15 is 0 Å². The number of benzene rings is 1. The van der Waals surface area contributed by atoms with Crippen molar-refractivity contribution < 1.29 is 14.6 Å². The first-order valence-electron chi connectivity index (χ1n) is 10.1.